The van der Waals surface area contributed by atoms with Gasteiger partial charge < -0.3 is 9.64 Å². The summed E-state index contributed by atoms with van der Waals surface area (Å²) >= 11 is 7.22. The molecule has 0 bridgehead atoms. The highest BCUT2D eigenvalue weighted by atomic mass is 32.2. The molecule has 3 rings (SSSR count). The van der Waals surface area contributed by atoms with Gasteiger partial charge in [-0.25, -0.2) is 0 Å². The van der Waals surface area contributed by atoms with Crippen LogP contribution in [0.15, 0.2) is 48.8 Å². The Morgan fingerprint density at radius 2 is 2.00 bits per heavy atom. The highest BCUT2D eigenvalue weighted by Gasteiger charge is 2.21. The third-order valence-electron chi connectivity index (χ3n) is 3.66. The first-order valence-electron chi connectivity index (χ1n) is 7.40. The van der Waals surface area contributed by atoms with E-state index >= 15 is 0 Å². The second-order valence-corrected chi connectivity index (χ2v) is 7.00. The number of pyridine rings is 1. The van der Waals surface area contributed by atoms with E-state index in [2.05, 4.69) is 33.0 Å². The third kappa shape index (κ3) is 4.43. The standard InChI is InChI=1S/C17H19N3OS2/c1-21-16-6-4-14(5-7-16)10-19-12-20(17(22)23-13-19)11-15-3-2-8-18-9-15/h2-9H,10-13H2,1H3. The van der Waals surface area contributed by atoms with E-state index in [1.807, 2.05) is 24.4 Å². The molecule has 0 spiro atoms. The fourth-order valence-electron chi connectivity index (χ4n) is 2.49. The van der Waals surface area contributed by atoms with Gasteiger partial charge >= 0.3 is 0 Å². The van der Waals surface area contributed by atoms with Crippen LogP contribution in [0.2, 0.25) is 0 Å². The maximum absolute atomic E-state index is 5.50. The number of hydrogen-bond acceptors (Lipinski definition) is 5. The summed E-state index contributed by atoms with van der Waals surface area (Å²) in [6, 6.07) is 12.3. The highest BCUT2D eigenvalue weighted by Crippen LogP contribution is 2.23. The predicted molar refractivity (Wildman–Crippen MR) is 98.2 cm³/mol. The highest BCUT2D eigenvalue weighted by molar-refractivity contribution is 8.22. The number of thiocarbonyl (C=S) groups is 1. The SMILES string of the molecule is COc1ccc(CN2CSC(=S)N(Cc3cccnc3)C2)cc1. The molecule has 1 aliphatic rings. The molecule has 1 aromatic heterocycles. The van der Waals surface area contributed by atoms with Crippen LogP contribution in [0.1, 0.15) is 11.1 Å². The van der Waals surface area contributed by atoms with E-state index in [0.29, 0.717) is 0 Å². The number of hydrogen-bond donors (Lipinski definition) is 0. The Kier molecular flexibility index (Phi) is 5.48. The molecule has 0 aliphatic carbocycles. The molecule has 0 saturated carbocycles. The lowest BCUT2D eigenvalue weighted by atomic mass is 10.2. The van der Waals surface area contributed by atoms with E-state index in [9.17, 15) is 0 Å². The topological polar surface area (TPSA) is 28.6 Å². The van der Waals surface area contributed by atoms with Gasteiger partial charge in [0.2, 0.25) is 0 Å². The molecule has 4 nitrogen and oxygen atoms in total. The molecule has 0 unspecified atom stereocenters. The first-order valence-corrected chi connectivity index (χ1v) is 8.80. The molecule has 2 aromatic rings. The van der Waals surface area contributed by atoms with Crippen LogP contribution in [0.4, 0.5) is 0 Å². The lowest BCUT2D eigenvalue weighted by Gasteiger charge is -2.36. The van der Waals surface area contributed by atoms with Gasteiger partial charge in [-0.2, -0.15) is 0 Å². The number of rotatable bonds is 5. The van der Waals surface area contributed by atoms with Gasteiger partial charge in [0.05, 0.1) is 19.7 Å². The summed E-state index contributed by atoms with van der Waals surface area (Å²) in [5.41, 5.74) is 2.46. The minimum absolute atomic E-state index is 0.804. The summed E-state index contributed by atoms with van der Waals surface area (Å²) in [6.45, 7) is 2.55. The number of aromatic nitrogens is 1. The van der Waals surface area contributed by atoms with Crippen molar-refractivity contribution in [2.75, 3.05) is 19.7 Å². The maximum Gasteiger partial charge on any atom is 0.138 e. The molecule has 0 amide bonds. The molecular formula is C17H19N3OS2. The molecule has 120 valence electrons. The molecule has 0 N–H and O–H groups in total. The number of benzene rings is 1. The summed E-state index contributed by atoms with van der Waals surface area (Å²) < 4.78 is 6.17. The van der Waals surface area contributed by atoms with Crippen molar-refractivity contribution >= 4 is 28.3 Å². The van der Waals surface area contributed by atoms with Crippen LogP contribution in [0.5, 0.6) is 5.75 Å². The summed E-state index contributed by atoms with van der Waals surface area (Å²) in [6.07, 6.45) is 3.69. The second-order valence-electron chi connectivity index (χ2n) is 5.42. The molecule has 0 atom stereocenters. The fraction of sp³-hybridized carbons (Fsp3) is 0.294. The van der Waals surface area contributed by atoms with Gasteiger partial charge in [0, 0.05) is 25.5 Å². The van der Waals surface area contributed by atoms with Crippen molar-refractivity contribution < 1.29 is 4.74 Å². The summed E-state index contributed by atoms with van der Waals surface area (Å²) in [4.78, 5) is 8.79. The quantitative estimate of drug-likeness (QED) is 0.772. The normalized spacial score (nSPS) is 15.7. The van der Waals surface area contributed by atoms with Gasteiger partial charge in [0.1, 0.15) is 10.1 Å². The first-order chi connectivity index (χ1) is 11.2. The van der Waals surface area contributed by atoms with E-state index in [-0.39, 0.29) is 0 Å². The average Bonchev–Trinajstić information content (AvgIpc) is 2.59. The van der Waals surface area contributed by atoms with Crippen LogP contribution in [-0.4, -0.2) is 38.8 Å². The van der Waals surface area contributed by atoms with Crippen molar-refractivity contribution in [3.63, 3.8) is 0 Å². The molecule has 1 fully saturated rings. The van der Waals surface area contributed by atoms with Crippen molar-refractivity contribution in [3.8, 4) is 5.75 Å². The summed E-state index contributed by atoms with van der Waals surface area (Å²) in [7, 11) is 1.69. The summed E-state index contributed by atoms with van der Waals surface area (Å²) in [5, 5.41) is 0. The zero-order valence-corrected chi connectivity index (χ0v) is 14.6. The van der Waals surface area contributed by atoms with Gasteiger partial charge in [-0.3, -0.25) is 9.88 Å². The molecule has 1 aromatic carbocycles. The molecule has 1 aliphatic heterocycles. The number of thioether (sulfide) groups is 1. The largest absolute Gasteiger partial charge is 0.497 e. The van der Waals surface area contributed by atoms with Crippen LogP contribution in [-0.2, 0) is 13.1 Å². The van der Waals surface area contributed by atoms with Crippen molar-refractivity contribution in [2.45, 2.75) is 13.1 Å². The Bertz CT molecular complexity index is 649. The molecular weight excluding hydrogens is 326 g/mol. The number of nitrogens with zero attached hydrogens (tertiary/aromatic N) is 3. The smallest absolute Gasteiger partial charge is 0.138 e. The van der Waals surface area contributed by atoms with Crippen LogP contribution in [0.25, 0.3) is 0 Å². The van der Waals surface area contributed by atoms with Crippen LogP contribution >= 0.6 is 24.0 Å². The minimum Gasteiger partial charge on any atom is -0.497 e. The third-order valence-corrected chi connectivity index (χ3v) is 5.27. The maximum atomic E-state index is 5.50. The zero-order valence-electron chi connectivity index (χ0n) is 13.0. The Morgan fingerprint density at radius 1 is 1.17 bits per heavy atom. The predicted octanol–water partition coefficient (Wildman–Crippen LogP) is 3.34. The first kappa shape index (κ1) is 16.2. The lowest BCUT2D eigenvalue weighted by molar-refractivity contribution is 0.201. The van der Waals surface area contributed by atoms with Crippen LogP contribution in [0.3, 0.4) is 0 Å². The van der Waals surface area contributed by atoms with E-state index in [0.717, 1.165) is 35.7 Å². The van der Waals surface area contributed by atoms with Crippen LogP contribution < -0.4 is 4.74 Å². The van der Waals surface area contributed by atoms with E-state index < -0.39 is 0 Å². The molecule has 2 heterocycles. The van der Waals surface area contributed by atoms with E-state index in [1.165, 1.54) is 11.1 Å². The molecule has 1 saturated heterocycles. The lowest BCUT2D eigenvalue weighted by Crippen LogP contribution is -2.43. The van der Waals surface area contributed by atoms with Gasteiger partial charge in [-0.1, -0.05) is 42.2 Å². The zero-order chi connectivity index (χ0) is 16.1. The fourth-order valence-corrected chi connectivity index (χ4v) is 3.54. The van der Waals surface area contributed by atoms with Crippen molar-refractivity contribution in [1.29, 1.82) is 0 Å². The van der Waals surface area contributed by atoms with E-state index in [4.69, 9.17) is 17.0 Å². The van der Waals surface area contributed by atoms with Gasteiger partial charge in [-0.05, 0) is 29.3 Å². The minimum atomic E-state index is 0.804. The molecule has 6 heteroatoms. The van der Waals surface area contributed by atoms with Crippen molar-refractivity contribution in [3.05, 3.63) is 59.9 Å². The van der Waals surface area contributed by atoms with E-state index in [1.54, 1.807) is 25.1 Å². The van der Waals surface area contributed by atoms with Crippen molar-refractivity contribution in [2.24, 2.45) is 0 Å². The molecule has 0 radical (unpaired) electrons. The Hall–Kier alpha value is -1.63. The number of methoxy groups -OCH3 is 1. The van der Waals surface area contributed by atoms with Gasteiger partial charge in [0.25, 0.3) is 0 Å². The Labute approximate surface area is 146 Å². The molecule has 23 heavy (non-hydrogen) atoms. The van der Waals surface area contributed by atoms with Gasteiger partial charge in [-0.15, -0.1) is 0 Å². The van der Waals surface area contributed by atoms with Crippen molar-refractivity contribution in [1.82, 2.24) is 14.8 Å². The Balaban J connectivity index is 1.61. The Morgan fingerprint density at radius 3 is 2.70 bits per heavy atom. The van der Waals surface area contributed by atoms with Gasteiger partial charge in [0.15, 0.2) is 0 Å². The second kappa shape index (κ2) is 7.77. The summed E-state index contributed by atoms with van der Waals surface area (Å²) in [5.74, 6) is 1.81. The average molecular weight is 345 g/mol. The number of ether oxygens (including phenoxy) is 1. The van der Waals surface area contributed by atoms with Crippen LogP contribution in [0, 0.1) is 0 Å². The monoisotopic (exact) mass is 345 g/mol.